The first-order valence-electron chi connectivity index (χ1n) is 7.79. The minimum absolute atomic E-state index is 0.351. The minimum atomic E-state index is 0.351. The van der Waals surface area contributed by atoms with Gasteiger partial charge in [0.15, 0.2) is 5.96 Å². The Hall–Kier alpha value is -2.30. The van der Waals surface area contributed by atoms with E-state index in [-0.39, 0.29) is 0 Å². The van der Waals surface area contributed by atoms with Crippen molar-refractivity contribution in [2.45, 2.75) is 39.3 Å². The summed E-state index contributed by atoms with van der Waals surface area (Å²) in [6, 6.07) is 10.7. The lowest BCUT2D eigenvalue weighted by Crippen LogP contribution is -2.38. The molecule has 3 N–H and O–H groups in total. The monoisotopic (exact) mass is 299 g/mol. The van der Waals surface area contributed by atoms with E-state index in [1.54, 1.807) is 0 Å². The van der Waals surface area contributed by atoms with Crippen LogP contribution in [-0.4, -0.2) is 28.1 Å². The van der Waals surface area contributed by atoms with Crippen LogP contribution in [-0.2, 0) is 13.0 Å². The largest absolute Gasteiger partial charge is 0.370 e. The summed E-state index contributed by atoms with van der Waals surface area (Å²) in [6.07, 6.45) is 5.65. The number of guanidine groups is 1. The molecule has 2 aromatic rings. The molecule has 1 atom stereocenters. The van der Waals surface area contributed by atoms with E-state index in [1.807, 2.05) is 18.5 Å². The normalized spacial score (nSPS) is 13.1. The van der Waals surface area contributed by atoms with Gasteiger partial charge in [0.2, 0.25) is 0 Å². The molecule has 5 heteroatoms. The Labute approximate surface area is 132 Å². The Bertz CT molecular complexity index is 588. The van der Waals surface area contributed by atoms with Crippen molar-refractivity contribution < 1.29 is 0 Å². The third-order valence-electron chi connectivity index (χ3n) is 3.62. The van der Waals surface area contributed by atoms with Crippen molar-refractivity contribution in [3.63, 3.8) is 0 Å². The first-order valence-corrected chi connectivity index (χ1v) is 7.79. The third kappa shape index (κ3) is 4.91. The van der Waals surface area contributed by atoms with Crippen molar-refractivity contribution in [3.8, 4) is 0 Å². The second kappa shape index (κ2) is 8.22. The summed E-state index contributed by atoms with van der Waals surface area (Å²) in [4.78, 5) is 8.78. The summed E-state index contributed by atoms with van der Waals surface area (Å²) in [6.45, 7) is 5.68. The topological polar surface area (TPSA) is 68.2 Å². The minimum Gasteiger partial charge on any atom is -0.370 e. The number of aromatic nitrogens is 2. The molecule has 1 aromatic carbocycles. The summed E-state index contributed by atoms with van der Waals surface area (Å²) in [5.41, 5.74) is 7.13. The molecule has 0 spiro atoms. The molecule has 1 heterocycles. The van der Waals surface area contributed by atoms with Crippen molar-refractivity contribution in [2.24, 2.45) is 10.7 Å². The van der Waals surface area contributed by atoms with Crippen LogP contribution in [0.1, 0.15) is 31.7 Å². The summed E-state index contributed by atoms with van der Waals surface area (Å²) in [5, 5.41) is 3.16. The van der Waals surface area contributed by atoms with Crippen molar-refractivity contribution >= 4 is 5.96 Å². The van der Waals surface area contributed by atoms with E-state index in [2.05, 4.69) is 58.0 Å². The van der Waals surface area contributed by atoms with Crippen LogP contribution >= 0.6 is 0 Å². The predicted molar refractivity (Wildman–Crippen MR) is 90.9 cm³/mol. The van der Waals surface area contributed by atoms with E-state index >= 15 is 0 Å². The fourth-order valence-corrected chi connectivity index (χ4v) is 2.17. The van der Waals surface area contributed by atoms with Crippen LogP contribution in [0.4, 0.5) is 0 Å². The summed E-state index contributed by atoms with van der Waals surface area (Å²) < 4.78 is 2.16. The molecule has 0 radical (unpaired) electrons. The van der Waals surface area contributed by atoms with Gasteiger partial charge in [0.25, 0.3) is 0 Å². The second-order valence-corrected chi connectivity index (χ2v) is 5.43. The Morgan fingerprint density at radius 2 is 2.14 bits per heavy atom. The average Bonchev–Trinajstić information content (AvgIpc) is 2.95. The van der Waals surface area contributed by atoms with Crippen LogP contribution in [0.5, 0.6) is 0 Å². The van der Waals surface area contributed by atoms with Gasteiger partial charge in [-0.05, 0) is 18.9 Å². The molecule has 0 aliphatic rings. The standard InChI is InChI=1S/C17H25N5/c1-3-14(2)21-17(18)20-10-9-16-19-11-12-22(16)13-15-7-5-4-6-8-15/h4-8,11-12,14H,3,9-10,13H2,1-2H3,(H3,18,20,21). The zero-order valence-electron chi connectivity index (χ0n) is 13.4. The number of hydrogen-bond acceptors (Lipinski definition) is 2. The van der Waals surface area contributed by atoms with Gasteiger partial charge in [0.1, 0.15) is 5.82 Å². The average molecular weight is 299 g/mol. The number of benzene rings is 1. The molecule has 118 valence electrons. The molecular weight excluding hydrogens is 274 g/mol. The Balaban J connectivity index is 1.89. The van der Waals surface area contributed by atoms with E-state index in [0.29, 0.717) is 18.5 Å². The van der Waals surface area contributed by atoms with Crippen molar-refractivity contribution in [1.29, 1.82) is 0 Å². The highest BCUT2D eigenvalue weighted by atomic mass is 15.1. The van der Waals surface area contributed by atoms with Gasteiger partial charge in [-0.25, -0.2) is 4.98 Å². The number of nitrogens with zero attached hydrogens (tertiary/aromatic N) is 3. The molecule has 0 fully saturated rings. The Morgan fingerprint density at radius 3 is 2.86 bits per heavy atom. The zero-order valence-corrected chi connectivity index (χ0v) is 13.4. The number of imidazole rings is 1. The van der Waals surface area contributed by atoms with Crippen LogP contribution < -0.4 is 11.1 Å². The van der Waals surface area contributed by atoms with Gasteiger partial charge in [-0.15, -0.1) is 0 Å². The molecule has 1 unspecified atom stereocenters. The molecule has 5 nitrogen and oxygen atoms in total. The number of nitrogens with one attached hydrogen (secondary N) is 1. The molecule has 0 amide bonds. The predicted octanol–water partition coefficient (Wildman–Crippen LogP) is 2.18. The van der Waals surface area contributed by atoms with Gasteiger partial charge in [-0.3, -0.25) is 4.99 Å². The van der Waals surface area contributed by atoms with E-state index < -0.39 is 0 Å². The lowest BCUT2D eigenvalue weighted by Gasteiger charge is -2.11. The first-order chi connectivity index (χ1) is 10.7. The third-order valence-corrected chi connectivity index (χ3v) is 3.62. The molecule has 0 saturated heterocycles. The van der Waals surface area contributed by atoms with Gasteiger partial charge >= 0.3 is 0 Å². The zero-order chi connectivity index (χ0) is 15.8. The van der Waals surface area contributed by atoms with Gasteiger partial charge < -0.3 is 15.6 Å². The van der Waals surface area contributed by atoms with Gasteiger partial charge in [-0.1, -0.05) is 37.3 Å². The summed E-state index contributed by atoms with van der Waals surface area (Å²) in [7, 11) is 0. The van der Waals surface area contributed by atoms with Crippen LogP contribution in [0, 0.1) is 0 Å². The van der Waals surface area contributed by atoms with E-state index in [1.165, 1.54) is 5.56 Å². The first kappa shape index (κ1) is 16.1. The quantitative estimate of drug-likeness (QED) is 0.608. The summed E-state index contributed by atoms with van der Waals surface area (Å²) in [5.74, 6) is 1.54. The maximum atomic E-state index is 5.86. The highest BCUT2D eigenvalue weighted by Crippen LogP contribution is 2.06. The highest BCUT2D eigenvalue weighted by Gasteiger charge is 2.04. The molecule has 22 heavy (non-hydrogen) atoms. The molecule has 0 aliphatic carbocycles. The fourth-order valence-electron chi connectivity index (χ4n) is 2.17. The van der Waals surface area contributed by atoms with Gasteiger partial charge in [0, 0.05) is 37.9 Å². The Kier molecular flexibility index (Phi) is 6.01. The van der Waals surface area contributed by atoms with Crippen LogP contribution in [0.15, 0.2) is 47.7 Å². The number of rotatable bonds is 7. The van der Waals surface area contributed by atoms with Crippen LogP contribution in [0.2, 0.25) is 0 Å². The highest BCUT2D eigenvalue weighted by molar-refractivity contribution is 5.78. The molecule has 1 aromatic heterocycles. The maximum absolute atomic E-state index is 5.86. The number of aliphatic imine (C=N–C) groups is 1. The van der Waals surface area contributed by atoms with Crippen LogP contribution in [0.25, 0.3) is 0 Å². The maximum Gasteiger partial charge on any atom is 0.188 e. The molecule has 0 saturated carbocycles. The lowest BCUT2D eigenvalue weighted by atomic mass is 10.2. The lowest BCUT2D eigenvalue weighted by molar-refractivity contribution is 0.635. The van der Waals surface area contributed by atoms with Gasteiger partial charge in [-0.2, -0.15) is 0 Å². The number of hydrogen-bond donors (Lipinski definition) is 2. The van der Waals surface area contributed by atoms with E-state index in [4.69, 9.17) is 5.73 Å². The molecule has 0 bridgehead atoms. The van der Waals surface area contributed by atoms with Gasteiger partial charge in [0.05, 0.1) is 0 Å². The summed E-state index contributed by atoms with van der Waals surface area (Å²) >= 11 is 0. The molecule has 2 rings (SSSR count). The van der Waals surface area contributed by atoms with Crippen molar-refractivity contribution in [2.75, 3.05) is 6.54 Å². The second-order valence-electron chi connectivity index (χ2n) is 5.43. The van der Waals surface area contributed by atoms with E-state index in [9.17, 15) is 0 Å². The Morgan fingerprint density at radius 1 is 1.36 bits per heavy atom. The molecule has 0 aliphatic heterocycles. The SMILES string of the molecule is CCC(C)NC(N)=NCCc1nccn1Cc1ccccc1. The van der Waals surface area contributed by atoms with Crippen LogP contribution in [0.3, 0.4) is 0 Å². The van der Waals surface area contributed by atoms with Crippen molar-refractivity contribution in [1.82, 2.24) is 14.9 Å². The fraction of sp³-hybridized carbons (Fsp3) is 0.412. The molecular formula is C17H25N5. The van der Waals surface area contributed by atoms with E-state index in [0.717, 1.165) is 25.2 Å². The smallest absolute Gasteiger partial charge is 0.188 e. The number of nitrogens with two attached hydrogens (primary N) is 1. The van der Waals surface area contributed by atoms with Crippen molar-refractivity contribution in [3.05, 3.63) is 54.1 Å².